The molecule has 1 heterocycles. The van der Waals surface area contributed by atoms with Gasteiger partial charge < -0.3 is 15.5 Å². The summed E-state index contributed by atoms with van der Waals surface area (Å²) >= 11 is 0. The molecule has 0 saturated heterocycles. The minimum absolute atomic E-state index is 0.281. The van der Waals surface area contributed by atoms with Crippen LogP contribution in [-0.2, 0) is 13.0 Å². The van der Waals surface area contributed by atoms with Gasteiger partial charge in [0.1, 0.15) is 11.7 Å². The van der Waals surface area contributed by atoms with Gasteiger partial charge in [0.25, 0.3) is 0 Å². The second kappa shape index (κ2) is 5.26. The van der Waals surface area contributed by atoms with Gasteiger partial charge in [-0.05, 0) is 6.42 Å². The number of hydrogen-bond acceptors (Lipinski definition) is 3. The molecule has 0 aliphatic rings. The Balaban J connectivity index is 2.38. The molecule has 0 radical (unpaired) electrons. The Labute approximate surface area is 83.2 Å². The van der Waals surface area contributed by atoms with Crippen LogP contribution in [0.4, 0.5) is 0 Å². The van der Waals surface area contributed by atoms with Crippen LogP contribution in [-0.4, -0.2) is 20.6 Å². The van der Waals surface area contributed by atoms with Crippen LogP contribution < -0.4 is 5.73 Å². The van der Waals surface area contributed by atoms with Crippen molar-refractivity contribution in [2.45, 2.75) is 32.7 Å². The zero-order valence-corrected chi connectivity index (χ0v) is 8.35. The van der Waals surface area contributed by atoms with Crippen LogP contribution in [0.25, 0.3) is 0 Å². The van der Waals surface area contributed by atoms with Crippen LogP contribution in [0.2, 0.25) is 0 Å². The predicted molar refractivity (Wildman–Crippen MR) is 54.2 cm³/mol. The molecule has 1 aromatic rings. The van der Waals surface area contributed by atoms with Crippen molar-refractivity contribution in [3.05, 3.63) is 18.2 Å². The molecule has 0 aromatic carbocycles. The van der Waals surface area contributed by atoms with Crippen molar-refractivity contribution in [3.63, 3.8) is 0 Å². The molecule has 0 aliphatic heterocycles. The standard InChI is InChI=1S/C9H16N4O/c1-2-9-11-5-7-13(9)6-3-4-8(10)12-14/h5,7,14H,2-4,6H2,1H3,(H2,10,12). The van der Waals surface area contributed by atoms with E-state index in [0.717, 1.165) is 25.2 Å². The van der Waals surface area contributed by atoms with E-state index in [1.165, 1.54) is 0 Å². The van der Waals surface area contributed by atoms with Crippen LogP contribution >= 0.6 is 0 Å². The highest BCUT2D eigenvalue weighted by molar-refractivity contribution is 5.79. The molecule has 0 fully saturated rings. The summed E-state index contributed by atoms with van der Waals surface area (Å²) in [6, 6.07) is 0. The Morgan fingerprint density at radius 1 is 1.71 bits per heavy atom. The van der Waals surface area contributed by atoms with Gasteiger partial charge in [0.05, 0.1) is 0 Å². The molecule has 3 N–H and O–H groups in total. The van der Waals surface area contributed by atoms with E-state index in [4.69, 9.17) is 10.9 Å². The van der Waals surface area contributed by atoms with Gasteiger partial charge in [-0.2, -0.15) is 0 Å². The van der Waals surface area contributed by atoms with Crippen LogP contribution in [0.15, 0.2) is 17.5 Å². The lowest BCUT2D eigenvalue weighted by molar-refractivity contribution is 0.316. The first kappa shape index (κ1) is 10.6. The van der Waals surface area contributed by atoms with E-state index >= 15 is 0 Å². The van der Waals surface area contributed by atoms with E-state index in [0.29, 0.717) is 6.42 Å². The quantitative estimate of drug-likeness (QED) is 0.319. The molecule has 0 spiro atoms. The molecule has 14 heavy (non-hydrogen) atoms. The number of aromatic nitrogens is 2. The summed E-state index contributed by atoms with van der Waals surface area (Å²) in [5.41, 5.74) is 5.36. The topological polar surface area (TPSA) is 76.4 Å². The third-order valence-electron chi connectivity index (χ3n) is 2.08. The van der Waals surface area contributed by atoms with Crippen molar-refractivity contribution in [1.82, 2.24) is 9.55 Å². The number of oxime groups is 1. The summed E-state index contributed by atoms with van der Waals surface area (Å²) in [6.45, 7) is 2.93. The summed E-state index contributed by atoms with van der Waals surface area (Å²) in [5.74, 6) is 1.35. The number of imidazole rings is 1. The lowest BCUT2D eigenvalue weighted by Gasteiger charge is -2.05. The smallest absolute Gasteiger partial charge is 0.139 e. The molecular formula is C9H16N4O. The zero-order chi connectivity index (χ0) is 10.4. The highest BCUT2D eigenvalue weighted by atomic mass is 16.4. The van der Waals surface area contributed by atoms with Crippen molar-refractivity contribution in [2.75, 3.05) is 0 Å². The Kier molecular flexibility index (Phi) is 3.97. The van der Waals surface area contributed by atoms with E-state index in [-0.39, 0.29) is 5.84 Å². The largest absolute Gasteiger partial charge is 0.409 e. The summed E-state index contributed by atoms with van der Waals surface area (Å²) in [6.07, 6.45) is 6.14. The molecule has 1 rings (SSSR count). The second-order valence-corrected chi connectivity index (χ2v) is 3.09. The SMILES string of the molecule is CCc1nccn1CCC/C(N)=N/O. The van der Waals surface area contributed by atoms with Gasteiger partial charge in [-0.15, -0.1) is 0 Å². The molecule has 78 valence electrons. The van der Waals surface area contributed by atoms with Crippen molar-refractivity contribution < 1.29 is 5.21 Å². The Morgan fingerprint density at radius 3 is 3.14 bits per heavy atom. The average molecular weight is 196 g/mol. The summed E-state index contributed by atoms with van der Waals surface area (Å²) in [7, 11) is 0. The molecule has 5 heteroatoms. The van der Waals surface area contributed by atoms with Crippen LogP contribution in [0.5, 0.6) is 0 Å². The third-order valence-corrected chi connectivity index (χ3v) is 2.08. The van der Waals surface area contributed by atoms with Crippen molar-refractivity contribution in [1.29, 1.82) is 0 Å². The zero-order valence-electron chi connectivity index (χ0n) is 8.35. The van der Waals surface area contributed by atoms with E-state index in [9.17, 15) is 0 Å². The maximum absolute atomic E-state index is 8.34. The van der Waals surface area contributed by atoms with Gasteiger partial charge in [0.2, 0.25) is 0 Å². The fourth-order valence-electron chi connectivity index (χ4n) is 1.34. The number of nitrogens with zero attached hydrogens (tertiary/aromatic N) is 3. The number of aryl methyl sites for hydroxylation is 2. The first-order valence-corrected chi connectivity index (χ1v) is 4.74. The highest BCUT2D eigenvalue weighted by Crippen LogP contribution is 2.01. The second-order valence-electron chi connectivity index (χ2n) is 3.09. The molecule has 1 aromatic heterocycles. The fourth-order valence-corrected chi connectivity index (χ4v) is 1.34. The van der Waals surface area contributed by atoms with E-state index in [1.54, 1.807) is 6.20 Å². The van der Waals surface area contributed by atoms with E-state index in [2.05, 4.69) is 21.6 Å². The van der Waals surface area contributed by atoms with Gasteiger partial charge in [-0.25, -0.2) is 4.98 Å². The molecule has 0 saturated carbocycles. The molecule has 0 amide bonds. The Bertz CT molecular complexity index is 306. The number of nitrogens with two attached hydrogens (primary N) is 1. The first-order valence-electron chi connectivity index (χ1n) is 4.74. The molecule has 0 atom stereocenters. The first-order chi connectivity index (χ1) is 6.77. The number of rotatable bonds is 5. The summed E-state index contributed by atoms with van der Waals surface area (Å²) in [4.78, 5) is 4.20. The van der Waals surface area contributed by atoms with Crippen LogP contribution in [0.3, 0.4) is 0 Å². The average Bonchev–Trinajstić information content (AvgIpc) is 2.65. The van der Waals surface area contributed by atoms with Crippen molar-refractivity contribution in [2.24, 2.45) is 10.9 Å². The van der Waals surface area contributed by atoms with Crippen LogP contribution in [0.1, 0.15) is 25.6 Å². The lowest BCUT2D eigenvalue weighted by Crippen LogP contribution is -2.12. The molecule has 0 bridgehead atoms. The number of amidine groups is 1. The molecule has 0 unspecified atom stereocenters. The van der Waals surface area contributed by atoms with Crippen molar-refractivity contribution in [3.8, 4) is 0 Å². The van der Waals surface area contributed by atoms with Crippen LogP contribution in [0, 0.1) is 0 Å². The van der Waals surface area contributed by atoms with E-state index < -0.39 is 0 Å². The number of hydrogen-bond donors (Lipinski definition) is 2. The van der Waals surface area contributed by atoms with Gasteiger partial charge in [-0.3, -0.25) is 0 Å². The molecule has 0 aliphatic carbocycles. The molecule has 5 nitrogen and oxygen atoms in total. The van der Waals surface area contributed by atoms with Gasteiger partial charge in [0, 0.05) is 31.8 Å². The van der Waals surface area contributed by atoms with E-state index in [1.807, 2.05) is 6.20 Å². The highest BCUT2D eigenvalue weighted by Gasteiger charge is 2.00. The van der Waals surface area contributed by atoms with Gasteiger partial charge in [0.15, 0.2) is 0 Å². The summed E-state index contributed by atoms with van der Waals surface area (Å²) < 4.78 is 2.09. The maximum Gasteiger partial charge on any atom is 0.139 e. The monoisotopic (exact) mass is 196 g/mol. The normalized spacial score (nSPS) is 11.9. The fraction of sp³-hybridized carbons (Fsp3) is 0.556. The van der Waals surface area contributed by atoms with Crippen molar-refractivity contribution >= 4 is 5.84 Å². The maximum atomic E-state index is 8.34. The Morgan fingerprint density at radius 2 is 2.50 bits per heavy atom. The summed E-state index contributed by atoms with van der Waals surface area (Å²) in [5, 5.41) is 11.3. The van der Waals surface area contributed by atoms with Gasteiger partial charge in [-0.1, -0.05) is 12.1 Å². The Hall–Kier alpha value is -1.52. The molecular weight excluding hydrogens is 180 g/mol. The third kappa shape index (κ3) is 2.76. The predicted octanol–water partition coefficient (Wildman–Crippen LogP) is 0.972. The minimum atomic E-state index is 0.281. The van der Waals surface area contributed by atoms with Gasteiger partial charge >= 0.3 is 0 Å². The minimum Gasteiger partial charge on any atom is -0.409 e. The lowest BCUT2D eigenvalue weighted by atomic mass is 10.3.